The van der Waals surface area contributed by atoms with Crippen molar-refractivity contribution in [1.82, 2.24) is 9.55 Å². The molecule has 74 valence electrons. The average molecular weight is 192 g/mol. The van der Waals surface area contributed by atoms with Crippen LogP contribution in [-0.4, -0.2) is 9.55 Å². The highest BCUT2D eigenvalue weighted by molar-refractivity contribution is 4.78. The molecule has 1 N–H and O–H groups in total. The van der Waals surface area contributed by atoms with Gasteiger partial charge in [0.2, 0.25) is 6.33 Å². The minimum Gasteiger partial charge on any atom is -0.247 e. The lowest BCUT2D eigenvalue weighted by Crippen LogP contribution is -2.31. The number of nitrogens with one attached hydrogen (secondary N) is 1. The van der Waals surface area contributed by atoms with E-state index in [1.54, 1.807) is 0 Å². The number of hydrogen-bond donors (Lipinski definition) is 1. The predicted octanol–water partition coefficient (Wildman–Crippen LogP) is -0.292. The highest BCUT2D eigenvalue weighted by atomic mass is 15.1. The summed E-state index contributed by atoms with van der Waals surface area (Å²) in [4.78, 5) is 3.23. The molecular formula is C10H16N4+2. The maximum Gasteiger partial charge on any atom is 0.257 e. The van der Waals surface area contributed by atoms with Gasteiger partial charge in [0, 0.05) is 0 Å². The van der Waals surface area contributed by atoms with Gasteiger partial charge in [-0.25, -0.2) is 18.7 Å². The molecule has 0 aromatic carbocycles. The Balaban J connectivity index is 1.98. The monoisotopic (exact) mass is 192 g/mol. The first-order valence-corrected chi connectivity index (χ1v) is 4.78. The van der Waals surface area contributed by atoms with Gasteiger partial charge in [-0.05, 0) is 0 Å². The average Bonchev–Trinajstić information content (AvgIpc) is 2.72. The van der Waals surface area contributed by atoms with E-state index in [1.165, 1.54) is 5.82 Å². The SMILES string of the molecule is C[n+]1ccn(CCc2[nH]cc[n+]2C)c1. The van der Waals surface area contributed by atoms with Crippen LogP contribution in [0.25, 0.3) is 0 Å². The van der Waals surface area contributed by atoms with Crippen LogP contribution < -0.4 is 9.13 Å². The normalized spacial score (nSPS) is 10.7. The number of imidazole rings is 2. The van der Waals surface area contributed by atoms with Crippen molar-refractivity contribution in [1.29, 1.82) is 0 Å². The Morgan fingerprint density at radius 2 is 2.21 bits per heavy atom. The summed E-state index contributed by atoms with van der Waals surface area (Å²) in [6.07, 6.45) is 11.2. The molecular weight excluding hydrogens is 176 g/mol. The molecule has 2 aromatic heterocycles. The number of hydrogen-bond acceptors (Lipinski definition) is 0. The molecule has 0 spiro atoms. The Bertz CT molecular complexity index is 413. The number of rotatable bonds is 3. The zero-order valence-electron chi connectivity index (χ0n) is 8.64. The fourth-order valence-corrected chi connectivity index (χ4v) is 1.55. The topological polar surface area (TPSA) is 28.5 Å². The molecule has 0 amide bonds. The second-order valence-electron chi connectivity index (χ2n) is 3.58. The third kappa shape index (κ3) is 1.84. The fraction of sp³-hybridized carbons (Fsp3) is 0.400. The Morgan fingerprint density at radius 3 is 2.79 bits per heavy atom. The van der Waals surface area contributed by atoms with Gasteiger partial charge in [0.25, 0.3) is 5.82 Å². The van der Waals surface area contributed by atoms with Crippen molar-refractivity contribution in [3.05, 3.63) is 36.9 Å². The summed E-state index contributed by atoms with van der Waals surface area (Å²) in [5, 5.41) is 0. The Hall–Kier alpha value is -1.58. The molecule has 14 heavy (non-hydrogen) atoms. The molecule has 2 heterocycles. The van der Waals surface area contributed by atoms with Crippen molar-refractivity contribution in [2.75, 3.05) is 0 Å². The molecule has 0 atom stereocenters. The summed E-state index contributed by atoms with van der Waals surface area (Å²) >= 11 is 0. The van der Waals surface area contributed by atoms with Gasteiger partial charge in [-0.2, -0.15) is 0 Å². The van der Waals surface area contributed by atoms with Crippen LogP contribution >= 0.6 is 0 Å². The molecule has 0 unspecified atom stereocenters. The molecule has 2 rings (SSSR count). The first kappa shape index (κ1) is 8.99. The third-order valence-electron chi connectivity index (χ3n) is 2.40. The second kappa shape index (κ2) is 3.65. The lowest BCUT2D eigenvalue weighted by molar-refractivity contribution is -0.678. The Labute approximate surface area is 83.4 Å². The van der Waals surface area contributed by atoms with Crippen LogP contribution in [0.3, 0.4) is 0 Å². The van der Waals surface area contributed by atoms with Gasteiger partial charge in [0.1, 0.15) is 31.3 Å². The zero-order valence-corrected chi connectivity index (χ0v) is 8.64. The highest BCUT2D eigenvalue weighted by Crippen LogP contribution is 1.92. The van der Waals surface area contributed by atoms with Crippen LogP contribution in [0, 0.1) is 0 Å². The molecule has 4 heteroatoms. The van der Waals surface area contributed by atoms with Crippen LogP contribution in [0.1, 0.15) is 5.82 Å². The molecule has 4 nitrogen and oxygen atoms in total. The summed E-state index contributed by atoms with van der Waals surface area (Å²) in [5.74, 6) is 1.25. The van der Waals surface area contributed by atoms with E-state index >= 15 is 0 Å². The van der Waals surface area contributed by atoms with E-state index in [1.807, 2.05) is 19.4 Å². The largest absolute Gasteiger partial charge is 0.257 e. The van der Waals surface area contributed by atoms with E-state index in [2.05, 4.69) is 44.5 Å². The Kier molecular flexibility index (Phi) is 2.35. The molecule has 0 saturated carbocycles. The van der Waals surface area contributed by atoms with Crippen LogP contribution in [0.5, 0.6) is 0 Å². The van der Waals surface area contributed by atoms with Crippen LogP contribution in [0.15, 0.2) is 31.1 Å². The van der Waals surface area contributed by atoms with Gasteiger partial charge in [-0.3, -0.25) is 0 Å². The van der Waals surface area contributed by atoms with E-state index in [0.29, 0.717) is 0 Å². The number of nitrogens with zero attached hydrogens (tertiary/aromatic N) is 3. The first-order chi connectivity index (χ1) is 6.75. The molecule has 2 aromatic rings. The fourth-order valence-electron chi connectivity index (χ4n) is 1.55. The molecule has 0 aliphatic rings. The van der Waals surface area contributed by atoms with E-state index in [9.17, 15) is 0 Å². The van der Waals surface area contributed by atoms with E-state index in [-0.39, 0.29) is 0 Å². The summed E-state index contributed by atoms with van der Waals surface area (Å²) in [5.41, 5.74) is 0. The van der Waals surface area contributed by atoms with Gasteiger partial charge in [0.15, 0.2) is 0 Å². The number of H-pyrrole nitrogens is 1. The maximum atomic E-state index is 3.23. The van der Waals surface area contributed by atoms with E-state index in [4.69, 9.17) is 0 Å². The van der Waals surface area contributed by atoms with Crippen molar-refractivity contribution in [2.45, 2.75) is 13.0 Å². The number of aromatic nitrogens is 4. The molecule has 0 aliphatic carbocycles. The van der Waals surface area contributed by atoms with Gasteiger partial charge in [0.05, 0.1) is 20.5 Å². The number of aromatic amines is 1. The molecule has 0 aliphatic heterocycles. The number of aryl methyl sites for hydroxylation is 4. The summed E-state index contributed by atoms with van der Waals surface area (Å²) in [6, 6.07) is 0. The van der Waals surface area contributed by atoms with Crippen molar-refractivity contribution in [2.24, 2.45) is 14.1 Å². The van der Waals surface area contributed by atoms with Crippen molar-refractivity contribution in [3.63, 3.8) is 0 Å². The van der Waals surface area contributed by atoms with Gasteiger partial charge in [-0.15, -0.1) is 0 Å². The van der Waals surface area contributed by atoms with E-state index < -0.39 is 0 Å². The second-order valence-corrected chi connectivity index (χ2v) is 3.58. The van der Waals surface area contributed by atoms with Gasteiger partial charge in [-0.1, -0.05) is 0 Å². The smallest absolute Gasteiger partial charge is 0.247 e. The zero-order chi connectivity index (χ0) is 9.97. The minimum atomic E-state index is 1.01. The quantitative estimate of drug-likeness (QED) is 0.647. The summed E-state index contributed by atoms with van der Waals surface area (Å²) < 4.78 is 6.35. The third-order valence-corrected chi connectivity index (χ3v) is 2.40. The Morgan fingerprint density at radius 1 is 1.36 bits per heavy atom. The maximum absolute atomic E-state index is 3.23. The van der Waals surface area contributed by atoms with Crippen LogP contribution in [0.2, 0.25) is 0 Å². The molecule has 0 bridgehead atoms. The summed E-state index contributed by atoms with van der Waals surface area (Å²) in [6.45, 7) is 1.01. The van der Waals surface area contributed by atoms with Gasteiger partial charge >= 0.3 is 0 Å². The summed E-state index contributed by atoms with van der Waals surface area (Å²) in [7, 11) is 4.09. The van der Waals surface area contributed by atoms with Gasteiger partial charge < -0.3 is 0 Å². The standard InChI is InChI=1S/C10H15N4/c1-12-7-8-14(9-12)5-3-10-11-4-6-13(10)2/h4,6-9H,3,5H2,1-2H3/q+1/p+1. The van der Waals surface area contributed by atoms with Crippen LogP contribution in [-0.2, 0) is 27.1 Å². The molecule has 0 fully saturated rings. The van der Waals surface area contributed by atoms with Crippen molar-refractivity contribution < 1.29 is 9.13 Å². The first-order valence-electron chi connectivity index (χ1n) is 4.78. The molecule has 0 saturated heterocycles. The van der Waals surface area contributed by atoms with Crippen LogP contribution in [0.4, 0.5) is 0 Å². The highest BCUT2D eigenvalue weighted by Gasteiger charge is 2.08. The van der Waals surface area contributed by atoms with E-state index in [0.717, 1.165) is 13.0 Å². The lowest BCUT2D eigenvalue weighted by atomic mass is 10.4. The van der Waals surface area contributed by atoms with Crippen molar-refractivity contribution >= 4 is 0 Å². The predicted molar refractivity (Wildman–Crippen MR) is 51.3 cm³/mol. The molecule has 0 radical (unpaired) electrons. The minimum absolute atomic E-state index is 1.01. The lowest BCUT2D eigenvalue weighted by Gasteiger charge is -1.93. The van der Waals surface area contributed by atoms with Crippen molar-refractivity contribution in [3.8, 4) is 0 Å².